The second kappa shape index (κ2) is 14.4. The summed E-state index contributed by atoms with van der Waals surface area (Å²) in [5.74, 6) is 0.0330. The first-order chi connectivity index (χ1) is 20.2. The van der Waals surface area contributed by atoms with E-state index in [1.165, 1.54) is 16.7 Å². The van der Waals surface area contributed by atoms with Gasteiger partial charge in [0.25, 0.3) is 11.8 Å². The molecule has 0 aliphatic carbocycles. The Morgan fingerprint density at radius 3 is 2.38 bits per heavy atom. The molecule has 1 saturated heterocycles. The van der Waals surface area contributed by atoms with Gasteiger partial charge < -0.3 is 25.4 Å². The average Bonchev–Trinajstić information content (AvgIpc) is 3.48. The molecule has 42 heavy (non-hydrogen) atoms. The molecule has 3 aromatic carbocycles. The van der Waals surface area contributed by atoms with Crippen LogP contribution in [0.5, 0.6) is 5.75 Å². The van der Waals surface area contributed by atoms with Crippen molar-refractivity contribution in [1.82, 2.24) is 15.5 Å². The average molecular weight is 590 g/mol. The molecule has 4 rings (SSSR count). The number of aryl methyl sites for hydroxylation is 3. The Kier molecular flexibility index (Phi) is 10.7. The van der Waals surface area contributed by atoms with Crippen LogP contribution >= 0.6 is 11.8 Å². The molecular weight excluding hydrogens is 550 g/mol. The predicted molar refractivity (Wildman–Crippen MR) is 165 cm³/mol. The number of nitrogens with zero attached hydrogens (tertiary/aromatic N) is 1. The van der Waals surface area contributed by atoms with Crippen molar-refractivity contribution in [3.63, 3.8) is 0 Å². The summed E-state index contributed by atoms with van der Waals surface area (Å²) in [6.07, 6.45) is -1.32. The van der Waals surface area contributed by atoms with E-state index in [0.29, 0.717) is 18.0 Å². The van der Waals surface area contributed by atoms with E-state index in [0.717, 1.165) is 33.4 Å². The molecule has 1 heterocycles. The van der Waals surface area contributed by atoms with Crippen molar-refractivity contribution < 1.29 is 24.2 Å². The molecule has 0 radical (unpaired) electrons. The van der Waals surface area contributed by atoms with Gasteiger partial charge in [-0.25, -0.2) is 0 Å². The maximum absolute atomic E-state index is 13.6. The van der Waals surface area contributed by atoms with E-state index in [1.54, 1.807) is 0 Å². The van der Waals surface area contributed by atoms with Crippen LogP contribution in [0.1, 0.15) is 33.4 Å². The molecule has 9 heteroatoms. The predicted octanol–water partition coefficient (Wildman–Crippen LogP) is 3.61. The summed E-state index contributed by atoms with van der Waals surface area (Å²) in [7, 11) is 0. The summed E-state index contributed by atoms with van der Waals surface area (Å²) in [5.41, 5.74) is 5.85. The van der Waals surface area contributed by atoms with Gasteiger partial charge in [-0.3, -0.25) is 14.4 Å². The number of nitrogens with one attached hydrogen (secondary N) is 2. The Bertz CT molecular complexity index is 1410. The van der Waals surface area contributed by atoms with Crippen LogP contribution < -0.4 is 15.4 Å². The summed E-state index contributed by atoms with van der Waals surface area (Å²) < 4.78 is 5.88. The molecule has 3 amide bonds. The van der Waals surface area contributed by atoms with Crippen molar-refractivity contribution in [2.75, 3.05) is 18.2 Å². The summed E-state index contributed by atoms with van der Waals surface area (Å²) in [5, 5.41) is 17.1. The SMILES string of the molecule is Cc1ccccc1CNC(=O)[C@@H]1CSCN1C(=O)[C@@H](O)[C@H](Cc1ccccc1)NC(=O)COc1c(C)ccc(C)c1C. The first-order valence-corrected chi connectivity index (χ1v) is 15.2. The van der Waals surface area contributed by atoms with Crippen molar-refractivity contribution in [3.8, 4) is 5.75 Å². The Hall–Kier alpha value is -3.82. The number of hydrogen-bond acceptors (Lipinski definition) is 6. The minimum Gasteiger partial charge on any atom is -0.483 e. The van der Waals surface area contributed by atoms with Gasteiger partial charge in [0, 0.05) is 12.3 Å². The topological polar surface area (TPSA) is 108 Å². The first kappa shape index (κ1) is 31.1. The van der Waals surface area contributed by atoms with Gasteiger partial charge in [0.2, 0.25) is 5.91 Å². The molecule has 3 atom stereocenters. The number of ether oxygens (including phenoxy) is 1. The second-order valence-electron chi connectivity index (χ2n) is 10.7. The normalized spacial score (nSPS) is 16.0. The fraction of sp³-hybridized carbons (Fsp3) is 0.364. The molecule has 8 nitrogen and oxygen atoms in total. The Balaban J connectivity index is 1.44. The summed E-state index contributed by atoms with van der Waals surface area (Å²) >= 11 is 1.45. The number of carbonyl (C=O) groups excluding carboxylic acids is 3. The third kappa shape index (κ3) is 7.72. The third-order valence-electron chi connectivity index (χ3n) is 7.68. The lowest BCUT2D eigenvalue weighted by molar-refractivity contribution is -0.146. The van der Waals surface area contributed by atoms with Gasteiger partial charge in [0.05, 0.1) is 11.9 Å². The zero-order valence-electron chi connectivity index (χ0n) is 24.6. The highest BCUT2D eigenvalue weighted by Gasteiger charge is 2.40. The highest BCUT2D eigenvalue weighted by atomic mass is 32.2. The van der Waals surface area contributed by atoms with Crippen LogP contribution in [0.15, 0.2) is 66.7 Å². The molecule has 222 valence electrons. The number of carbonyl (C=O) groups is 3. The summed E-state index contributed by atoms with van der Waals surface area (Å²) in [6.45, 7) is 7.91. The monoisotopic (exact) mass is 589 g/mol. The molecule has 0 saturated carbocycles. The quantitative estimate of drug-likeness (QED) is 0.316. The highest BCUT2D eigenvalue weighted by Crippen LogP contribution is 2.26. The first-order valence-electron chi connectivity index (χ1n) is 14.1. The van der Waals surface area contributed by atoms with Crippen LogP contribution in [-0.4, -0.2) is 64.2 Å². The number of rotatable bonds is 11. The van der Waals surface area contributed by atoms with E-state index in [1.807, 2.05) is 94.4 Å². The molecule has 0 aromatic heterocycles. The molecule has 1 fully saturated rings. The van der Waals surface area contributed by atoms with Crippen LogP contribution in [0.4, 0.5) is 0 Å². The highest BCUT2D eigenvalue weighted by molar-refractivity contribution is 7.99. The van der Waals surface area contributed by atoms with Gasteiger partial charge in [-0.1, -0.05) is 66.7 Å². The lowest BCUT2D eigenvalue weighted by atomic mass is 9.99. The minimum absolute atomic E-state index is 0.229. The van der Waals surface area contributed by atoms with E-state index in [2.05, 4.69) is 10.6 Å². The molecule has 0 spiro atoms. The maximum atomic E-state index is 13.6. The standard InChI is InChI=1S/C33H39N3O5S/c1-21-14-15-23(3)31(24(21)4)41-18-29(37)35-27(16-25-11-6-5-7-12-25)30(38)33(40)36-20-42-19-28(36)32(39)34-17-26-13-9-8-10-22(26)2/h5-15,27-28,30,38H,16-20H2,1-4H3,(H,34,39)(H,35,37)/t27-,28-,30-/m0/s1. The summed E-state index contributed by atoms with van der Waals surface area (Å²) in [6, 6.07) is 19.4. The molecule has 3 N–H and O–H groups in total. The Labute approximate surface area is 251 Å². The largest absolute Gasteiger partial charge is 0.483 e. The lowest BCUT2D eigenvalue weighted by Crippen LogP contribution is -2.56. The van der Waals surface area contributed by atoms with Crippen molar-refractivity contribution >= 4 is 29.5 Å². The van der Waals surface area contributed by atoms with Crippen LogP contribution in [0.3, 0.4) is 0 Å². The van der Waals surface area contributed by atoms with E-state index >= 15 is 0 Å². The van der Waals surface area contributed by atoms with Crippen molar-refractivity contribution in [2.45, 2.75) is 58.8 Å². The van der Waals surface area contributed by atoms with Crippen molar-refractivity contribution in [2.24, 2.45) is 0 Å². The number of aliphatic hydroxyl groups is 1. The van der Waals surface area contributed by atoms with Gasteiger partial charge in [0.15, 0.2) is 12.7 Å². The van der Waals surface area contributed by atoms with Crippen LogP contribution in [-0.2, 0) is 27.3 Å². The van der Waals surface area contributed by atoms with E-state index in [4.69, 9.17) is 4.74 Å². The van der Waals surface area contributed by atoms with Gasteiger partial charge in [-0.05, 0) is 67.5 Å². The Morgan fingerprint density at radius 2 is 1.64 bits per heavy atom. The van der Waals surface area contributed by atoms with E-state index in [9.17, 15) is 19.5 Å². The van der Waals surface area contributed by atoms with Gasteiger partial charge >= 0.3 is 0 Å². The molecule has 1 aliphatic rings. The molecule has 0 bridgehead atoms. The van der Waals surface area contributed by atoms with Gasteiger partial charge in [-0.15, -0.1) is 11.8 Å². The zero-order valence-corrected chi connectivity index (χ0v) is 25.4. The van der Waals surface area contributed by atoms with Gasteiger partial charge in [0.1, 0.15) is 11.8 Å². The van der Waals surface area contributed by atoms with Crippen LogP contribution in [0.2, 0.25) is 0 Å². The van der Waals surface area contributed by atoms with Crippen molar-refractivity contribution in [1.29, 1.82) is 0 Å². The van der Waals surface area contributed by atoms with Gasteiger partial charge in [-0.2, -0.15) is 0 Å². The molecule has 3 aromatic rings. The third-order valence-corrected chi connectivity index (χ3v) is 8.69. The number of thioether (sulfide) groups is 1. The van der Waals surface area contributed by atoms with Crippen LogP contribution in [0.25, 0.3) is 0 Å². The van der Waals surface area contributed by atoms with Crippen molar-refractivity contribution in [3.05, 3.63) is 100 Å². The number of benzene rings is 3. The fourth-order valence-electron chi connectivity index (χ4n) is 4.97. The summed E-state index contributed by atoms with van der Waals surface area (Å²) in [4.78, 5) is 41.2. The Morgan fingerprint density at radius 1 is 0.952 bits per heavy atom. The number of hydrogen-bond donors (Lipinski definition) is 3. The minimum atomic E-state index is -1.55. The fourth-order valence-corrected chi connectivity index (χ4v) is 6.13. The number of amides is 3. The second-order valence-corrected chi connectivity index (χ2v) is 11.7. The zero-order chi connectivity index (χ0) is 30.2. The number of aliphatic hydroxyl groups excluding tert-OH is 1. The molecule has 0 unspecified atom stereocenters. The smallest absolute Gasteiger partial charge is 0.258 e. The van der Waals surface area contributed by atoms with Crippen LogP contribution in [0, 0.1) is 27.7 Å². The molecular formula is C33H39N3O5S. The lowest BCUT2D eigenvalue weighted by Gasteiger charge is -2.30. The van der Waals surface area contributed by atoms with E-state index < -0.39 is 30.0 Å². The van der Waals surface area contributed by atoms with E-state index in [-0.39, 0.29) is 24.8 Å². The maximum Gasteiger partial charge on any atom is 0.258 e. The molecule has 1 aliphatic heterocycles.